The van der Waals surface area contributed by atoms with Gasteiger partial charge in [0.2, 0.25) is 12.0 Å². The van der Waals surface area contributed by atoms with Crippen molar-refractivity contribution in [1.82, 2.24) is 10.2 Å². The van der Waals surface area contributed by atoms with Crippen LogP contribution in [0.2, 0.25) is 0 Å². The highest BCUT2D eigenvalue weighted by Gasteiger charge is 2.56. The minimum atomic E-state index is -1.23. The molecule has 0 radical (unpaired) electrons. The van der Waals surface area contributed by atoms with Crippen molar-refractivity contribution in [3.63, 3.8) is 0 Å². The molecule has 1 saturated heterocycles. The molecule has 0 saturated carbocycles. The fraction of sp³-hybridized carbons (Fsp3) is 0.250. The summed E-state index contributed by atoms with van der Waals surface area (Å²) in [6, 6.07) is 12.0. The fourth-order valence-corrected chi connectivity index (χ4v) is 5.87. The number of amides is 2. The van der Waals surface area contributed by atoms with Gasteiger partial charge in [-0.1, -0.05) is 46.3 Å². The van der Waals surface area contributed by atoms with Crippen molar-refractivity contribution in [2.75, 3.05) is 5.33 Å². The summed E-state index contributed by atoms with van der Waals surface area (Å²) in [7, 11) is 0. The molecular weight excluding hydrogens is 570 g/mol. The highest BCUT2D eigenvalue weighted by Crippen LogP contribution is 2.41. The number of nitrogens with zero attached hydrogens (tertiary/aromatic N) is 2. The Bertz CT molecular complexity index is 1240. The smallest absolute Gasteiger partial charge is 0.333 e. The highest BCUT2D eigenvalue weighted by atomic mass is 79.9. The van der Waals surface area contributed by atoms with Gasteiger partial charge >= 0.3 is 5.97 Å². The number of halogens is 1. The largest absolute Gasteiger partial charge is 0.459 e. The number of alkyl halides is 1. The lowest BCUT2D eigenvalue weighted by molar-refractivity contribution is -0.384. The van der Waals surface area contributed by atoms with Crippen molar-refractivity contribution >= 4 is 57.6 Å². The van der Waals surface area contributed by atoms with E-state index in [-0.39, 0.29) is 18.8 Å². The normalized spacial score (nSPS) is 21.0. The van der Waals surface area contributed by atoms with Gasteiger partial charge in [-0.25, -0.2) is 4.79 Å². The van der Waals surface area contributed by atoms with Crippen molar-refractivity contribution in [3.05, 3.63) is 86.8 Å². The van der Waals surface area contributed by atoms with E-state index in [1.807, 2.05) is 0 Å². The van der Waals surface area contributed by atoms with Gasteiger partial charge in [0.1, 0.15) is 18.0 Å². The van der Waals surface area contributed by atoms with E-state index in [2.05, 4.69) is 21.2 Å². The maximum absolute atomic E-state index is 13.1. The Labute approximate surface area is 223 Å². The lowest BCUT2D eigenvalue weighted by Crippen LogP contribution is -2.74. The Balaban J connectivity index is 1.44. The average Bonchev–Trinajstić information content (AvgIpc) is 2.92. The molecule has 2 unspecified atom stereocenters. The summed E-state index contributed by atoms with van der Waals surface area (Å²) in [4.78, 5) is 61.6. The number of ether oxygens (including phenoxy) is 2. The van der Waals surface area contributed by atoms with Crippen molar-refractivity contribution in [3.8, 4) is 0 Å². The van der Waals surface area contributed by atoms with Crippen LogP contribution in [0.15, 0.2) is 65.6 Å². The van der Waals surface area contributed by atoms with E-state index in [1.165, 1.54) is 40.9 Å². The topological polar surface area (TPSA) is 145 Å². The predicted octanol–water partition coefficient (Wildman–Crippen LogP) is 2.60. The minimum Gasteiger partial charge on any atom is -0.459 e. The number of fused-ring (bicyclic) bond motifs is 1. The summed E-state index contributed by atoms with van der Waals surface area (Å²) in [5.74, 6) is -1.81. The Kier molecular flexibility index (Phi) is 8.24. The summed E-state index contributed by atoms with van der Waals surface area (Å²) in [5, 5.41) is 14.9. The van der Waals surface area contributed by atoms with E-state index in [1.54, 1.807) is 35.7 Å². The van der Waals surface area contributed by atoms with Crippen molar-refractivity contribution in [2.45, 2.75) is 30.2 Å². The van der Waals surface area contributed by atoms with Crippen molar-refractivity contribution in [1.29, 1.82) is 0 Å². The van der Waals surface area contributed by atoms with E-state index in [9.17, 15) is 29.3 Å². The molecule has 2 heterocycles. The zero-order valence-corrected chi connectivity index (χ0v) is 21.4. The van der Waals surface area contributed by atoms with Crippen LogP contribution in [-0.2, 0) is 35.3 Å². The van der Waals surface area contributed by atoms with Crippen LogP contribution in [-0.4, -0.2) is 56.9 Å². The molecule has 2 aromatic carbocycles. The third-order valence-corrected chi connectivity index (χ3v) is 7.67. The molecule has 2 aromatic rings. The number of hydrogen-bond acceptors (Lipinski definition) is 9. The monoisotopic (exact) mass is 589 g/mol. The lowest BCUT2D eigenvalue weighted by atomic mass is 9.98. The Morgan fingerprint density at radius 3 is 2.51 bits per heavy atom. The number of non-ortho nitro benzene ring substituents is 1. The number of carbonyl (C=O) groups is 4. The van der Waals surface area contributed by atoms with E-state index in [0.29, 0.717) is 22.0 Å². The number of esters is 1. The zero-order chi connectivity index (χ0) is 26.5. The zero-order valence-electron chi connectivity index (χ0n) is 19.0. The second-order valence-electron chi connectivity index (χ2n) is 8.04. The number of hydrogen-bond donors (Lipinski definition) is 1. The number of rotatable bonds is 10. The summed E-state index contributed by atoms with van der Waals surface area (Å²) in [6.07, 6.45) is -1.23. The molecule has 0 aromatic heterocycles. The van der Waals surface area contributed by atoms with Gasteiger partial charge in [-0.15, -0.1) is 11.8 Å². The fourth-order valence-electron chi connectivity index (χ4n) is 3.96. The molecule has 2 amide bonds. The molecule has 2 aliphatic rings. The van der Waals surface area contributed by atoms with Crippen LogP contribution < -0.4 is 5.32 Å². The van der Waals surface area contributed by atoms with Gasteiger partial charge in [-0.3, -0.25) is 24.5 Å². The van der Waals surface area contributed by atoms with Crippen LogP contribution in [0.3, 0.4) is 0 Å². The Hall–Kier alpha value is -3.71. The van der Waals surface area contributed by atoms with Crippen molar-refractivity contribution < 1.29 is 33.6 Å². The minimum absolute atomic E-state index is 0.0842. The number of nitrogens with one attached hydrogen (secondary N) is 1. The summed E-state index contributed by atoms with van der Waals surface area (Å²) >= 11 is 4.61. The number of nitro groups is 1. The molecule has 1 fully saturated rings. The van der Waals surface area contributed by atoms with E-state index in [4.69, 9.17) is 9.47 Å². The van der Waals surface area contributed by atoms with Gasteiger partial charge in [0, 0.05) is 23.0 Å². The van der Waals surface area contributed by atoms with E-state index >= 15 is 0 Å². The molecule has 4 rings (SSSR count). The third-order valence-electron chi connectivity index (χ3n) is 5.80. The second kappa shape index (κ2) is 11.6. The van der Waals surface area contributed by atoms with Gasteiger partial charge in [0.05, 0.1) is 4.92 Å². The summed E-state index contributed by atoms with van der Waals surface area (Å²) in [5.41, 5.74) is 1.52. The molecule has 0 aliphatic carbocycles. The maximum Gasteiger partial charge on any atom is 0.333 e. The molecule has 0 spiro atoms. The van der Waals surface area contributed by atoms with Gasteiger partial charge in [0.25, 0.3) is 18.1 Å². The first-order valence-corrected chi connectivity index (χ1v) is 13.0. The van der Waals surface area contributed by atoms with Gasteiger partial charge in [-0.05, 0) is 28.7 Å². The van der Waals surface area contributed by atoms with Gasteiger partial charge in [0.15, 0.2) is 6.04 Å². The first kappa shape index (κ1) is 26.4. The molecule has 192 valence electrons. The molecule has 0 bridgehead atoms. The van der Waals surface area contributed by atoms with E-state index < -0.39 is 46.3 Å². The first-order chi connectivity index (χ1) is 17.8. The predicted molar refractivity (Wildman–Crippen MR) is 135 cm³/mol. The molecule has 11 nitrogen and oxygen atoms in total. The molecule has 1 N–H and O–H groups in total. The number of carbonyl (C=O) groups excluding carboxylic acids is 4. The van der Waals surface area contributed by atoms with E-state index in [0.717, 1.165) is 0 Å². The van der Waals surface area contributed by atoms with Crippen LogP contribution in [0.5, 0.6) is 0 Å². The maximum atomic E-state index is 13.1. The van der Waals surface area contributed by atoms with Gasteiger partial charge < -0.3 is 19.7 Å². The summed E-state index contributed by atoms with van der Waals surface area (Å²) in [6.45, 7) is 0.0359. The SMILES string of the molecule is O=COC(C(=O)N[C@H]1C(=O)N2C(C(=O)OCc3ccc([N+](=O)[O-])cc3)C(CBr)=CS[C@@H]12)c1ccccc1. The van der Waals surface area contributed by atoms with Crippen LogP contribution in [0.25, 0.3) is 0 Å². The Morgan fingerprint density at radius 1 is 1.19 bits per heavy atom. The highest BCUT2D eigenvalue weighted by molar-refractivity contribution is 9.09. The molecule has 13 heteroatoms. The number of thioether (sulfide) groups is 1. The standard InChI is InChI=1S/C24H20BrN3O8S/c25-10-16-12-37-23-18(26-21(30)20(36-13-29)15-4-2-1-3-5-15)22(31)27(23)19(16)24(32)35-11-14-6-8-17(9-7-14)28(33)34/h1-9,12-13,18-20,23H,10-11H2,(H,26,30)/t18-,19?,20?,23-/m0/s1. The summed E-state index contributed by atoms with van der Waals surface area (Å²) < 4.78 is 10.4. The van der Waals surface area contributed by atoms with Gasteiger partial charge in [-0.2, -0.15) is 0 Å². The number of benzene rings is 2. The molecule has 37 heavy (non-hydrogen) atoms. The lowest BCUT2D eigenvalue weighted by Gasteiger charge is -2.51. The van der Waals surface area contributed by atoms with Crippen molar-refractivity contribution in [2.24, 2.45) is 0 Å². The molecule has 2 aliphatic heterocycles. The van der Waals surface area contributed by atoms with Crippen LogP contribution >= 0.6 is 27.7 Å². The Morgan fingerprint density at radius 2 is 1.89 bits per heavy atom. The average molecular weight is 590 g/mol. The second-order valence-corrected chi connectivity index (χ2v) is 9.59. The van der Waals surface area contributed by atoms with Crippen LogP contribution in [0, 0.1) is 10.1 Å². The quantitative estimate of drug-likeness (QED) is 0.110. The van der Waals surface area contributed by atoms with Crippen LogP contribution in [0.1, 0.15) is 17.2 Å². The third kappa shape index (κ3) is 5.52. The van der Waals surface area contributed by atoms with Crippen LogP contribution in [0.4, 0.5) is 5.69 Å². The number of β-lactam (4-membered cyclic amide) rings is 1. The number of nitro benzene ring substituents is 1. The first-order valence-electron chi connectivity index (χ1n) is 10.9. The molecular formula is C24H20BrN3O8S. The molecule has 4 atom stereocenters.